The molecular formula is C25H24ClN5O2S. The summed E-state index contributed by atoms with van der Waals surface area (Å²) in [4.78, 5) is 17.4. The van der Waals surface area contributed by atoms with Gasteiger partial charge in [-0.05, 0) is 49.0 Å². The summed E-state index contributed by atoms with van der Waals surface area (Å²) in [6, 6.07) is 19.0. The summed E-state index contributed by atoms with van der Waals surface area (Å²) in [6.07, 6.45) is 1.61. The smallest absolute Gasteiger partial charge is 0.254 e. The highest BCUT2D eigenvalue weighted by Crippen LogP contribution is 2.31. The zero-order valence-corrected chi connectivity index (χ0v) is 20.3. The third-order valence-corrected chi connectivity index (χ3v) is 7.05. The van der Waals surface area contributed by atoms with Crippen molar-refractivity contribution in [3.8, 4) is 17.3 Å². The van der Waals surface area contributed by atoms with Crippen molar-refractivity contribution in [1.29, 1.82) is 0 Å². The second-order valence-corrected chi connectivity index (χ2v) is 9.52. The molecule has 2 aromatic heterocycles. The maximum absolute atomic E-state index is 13.3. The summed E-state index contributed by atoms with van der Waals surface area (Å²) in [7, 11) is 2.08. The van der Waals surface area contributed by atoms with Crippen LogP contribution in [0.5, 0.6) is 0 Å². The molecule has 7 nitrogen and oxygen atoms in total. The number of halogens is 1. The number of hydrogen-bond acceptors (Lipinski definition) is 6. The van der Waals surface area contributed by atoms with Crippen LogP contribution in [0.15, 0.2) is 76.5 Å². The zero-order valence-electron chi connectivity index (χ0n) is 18.7. The maximum atomic E-state index is 13.3. The number of furan rings is 1. The molecule has 0 atom stereocenters. The molecule has 0 saturated carbocycles. The van der Waals surface area contributed by atoms with E-state index < -0.39 is 0 Å². The summed E-state index contributed by atoms with van der Waals surface area (Å²) < 4.78 is 7.53. The van der Waals surface area contributed by atoms with E-state index in [2.05, 4.69) is 22.1 Å². The molecule has 174 valence electrons. The van der Waals surface area contributed by atoms with Crippen LogP contribution in [0.2, 0.25) is 5.02 Å². The van der Waals surface area contributed by atoms with Crippen LogP contribution in [0.25, 0.3) is 17.3 Å². The van der Waals surface area contributed by atoms with Gasteiger partial charge in [-0.1, -0.05) is 47.6 Å². The lowest BCUT2D eigenvalue weighted by molar-refractivity contribution is 0.0663. The van der Waals surface area contributed by atoms with Gasteiger partial charge >= 0.3 is 0 Å². The van der Waals surface area contributed by atoms with Crippen molar-refractivity contribution in [2.45, 2.75) is 10.9 Å². The van der Waals surface area contributed by atoms with Gasteiger partial charge in [-0.15, -0.1) is 10.2 Å². The molecule has 4 aromatic rings. The Morgan fingerprint density at radius 1 is 1.03 bits per heavy atom. The fourth-order valence-electron chi connectivity index (χ4n) is 3.95. The monoisotopic (exact) mass is 493 g/mol. The van der Waals surface area contributed by atoms with E-state index in [1.165, 1.54) is 11.8 Å². The van der Waals surface area contributed by atoms with Gasteiger partial charge in [0, 0.05) is 42.5 Å². The molecule has 1 saturated heterocycles. The Morgan fingerprint density at radius 3 is 2.62 bits per heavy atom. The van der Waals surface area contributed by atoms with E-state index in [-0.39, 0.29) is 5.91 Å². The number of carbonyl (C=O) groups excluding carboxylic acids is 1. The molecule has 5 rings (SSSR count). The topological polar surface area (TPSA) is 67.4 Å². The van der Waals surface area contributed by atoms with E-state index in [4.69, 9.17) is 16.0 Å². The number of aromatic nitrogens is 3. The zero-order chi connectivity index (χ0) is 23.5. The van der Waals surface area contributed by atoms with Crippen molar-refractivity contribution >= 4 is 29.3 Å². The highest BCUT2D eigenvalue weighted by molar-refractivity contribution is 7.98. The number of thioether (sulfide) groups is 1. The number of likely N-dealkylation sites (N-methyl/N-ethyl adjacent to an activating group) is 1. The lowest BCUT2D eigenvalue weighted by Gasteiger charge is -2.32. The highest BCUT2D eigenvalue weighted by Gasteiger charge is 2.23. The van der Waals surface area contributed by atoms with Gasteiger partial charge in [-0.3, -0.25) is 9.36 Å². The molecule has 2 aromatic carbocycles. The van der Waals surface area contributed by atoms with E-state index in [1.807, 2.05) is 70.1 Å². The Balaban J connectivity index is 1.43. The summed E-state index contributed by atoms with van der Waals surface area (Å²) >= 11 is 7.80. The molecule has 0 radical (unpaired) electrons. The molecule has 0 bridgehead atoms. The number of benzene rings is 2. The molecule has 1 aliphatic heterocycles. The van der Waals surface area contributed by atoms with Crippen LogP contribution in [-0.2, 0) is 5.75 Å². The Morgan fingerprint density at radius 2 is 1.85 bits per heavy atom. The average Bonchev–Trinajstić information content (AvgIpc) is 3.53. The van der Waals surface area contributed by atoms with Crippen LogP contribution in [0, 0.1) is 0 Å². The number of nitrogens with zero attached hydrogens (tertiary/aromatic N) is 5. The molecule has 0 unspecified atom stereocenters. The first kappa shape index (κ1) is 22.7. The predicted molar refractivity (Wildman–Crippen MR) is 133 cm³/mol. The molecular weight excluding hydrogens is 470 g/mol. The number of hydrogen-bond donors (Lipinski definition) is 0. The van der Waals surface area contributed by atoms with Crippen LogP contribution in [0.4, 0.5) is 0 Å². The Labute approximate surface area is 207 Å². The third kappa shape index (κ3) is 4.75. The lowest BCUT2D eigenvalue weighted by Crippen LogP contribution is -2.47. The third-order valence-electron chi connectivity index (χ3n) is 5.84. The van der Waals surface area contributed by atoms with Crippen molar-refractivity contribution in [3.63, 3.8) is 0 Å². The fourth-order valence-corrected chi connectivity index (χ4v) is 5.09. The number of carbonyl (C=O) groups is 1. The fraction of sp³-hybridized carbons (Fsp3) is 0.240. The van der Waals surface area contributed by atoms with Crippen molar-refractivity contribution in [2.24, 2.45) is 0 Å². The number of rotatable bonds is 6. The van der Waals surface area contributed by atoms with Gasteiger partial charge in [0.2, 0.25) is 5.82 Å². The van der Waals surface area contributed by atoms with Crippen LogP contribution in [0.3, 0.4) is 0 Å². The van der Waals surface area contributed by atoms with Crippen LogP contribution in [-0.4, -0.2) is 63.7 Å². The molecule has 1 fully saturated rings. The molecule has 0 aliphatic carbocycles. The molecule has 0 spiro atoms. The lowest BCUT2D eigenvalue weighted by atomic mass is 10.1. The van der Waals surface area contributed by atoms with Crippen molar-refractivity contribution in [2.75, 3.05) is 33.2 Å². The minimum atomic E-state index is 0.0804. The van der Waals surface area contributed by atoms with E-state index in [0.29, 0.717) is 27.5 Å². The molecule has 34 heavy (non-hydrogen) atoms. The summed E-state index contributed by atoms with van der Waals surface area (Å²) in [6.45, 7) is 3.26. The summed E-state index contributed by atoms with van der Waals surface area (Å²) in [5.41, 5.74) is 2.55. The van der Waals surface area contributed by atoms with E-state index in [1.54, 1.807) is 6.26 Å². The SMILES string of the molecule is CN1CCN(C(=O)c2ccccc2CSc2nnc(-c3ccco3)n2-c2cccc(Cl)c2)CC1. The van der Waals surface area contributed by atoms with Crippen molar-refractivity contribution in [1.82, 2.24) is 24.6 Å². The first-order chi connectivity index (χ1) is 16.6. The van der Waals surface area contributed by atoms with E-state index in [0.717, 1.165) is 43.0 Å². The first-order valence-corrected chi connectivity index (χ1v) is 12.4. The van der Waals surface area contributed by atoms with E-state index in [9.17, 15) is 4.79 Å². The van der Waals surface area contributed by atoms with Gasteiger partial charge in [-0.2, -0.15) is 0 Å². The Hall–Kier alpha value is -3.07. The molecule has 1 aliphatic rings. The highest BCUT2D eigenvalue weighted by atomic mass is 35.5. The van der Waals surface area contributed by atoms with Gasteiger partial charge in [0.05, 0.1) is 12.0 Å². The second-order valence-electron chi connectivity index (χ2n) is 8.14. The van der Waals surface area contributed by atoms with Crippen LogP contribution >= 0.6 is 23.4 Å². The Kier molecular flexibility index (Phi) is 6.71. The first-order valence-electron chi connectivity index (χ1n) is 11.0. The molecule has 9 heteroatoms. The largest absolute Gasteiger partial charge is 0.461 e. The standard InChI is InChI=1S/C25H24ClN5O2S/c1-29-11-13-30(14-12-29)24(32)21-9-3-2-6-18(21)17-34-25-28-27-23(22-10-5-15-33-22)31(25)20-8-4-7-19(26)16-20/h2-10,15-16H,11-14,17H2,1H3. The summed E-state index contributed by atoms with van der Waals surface area (Å²) in [5.74, 6) is 1.87. The molecule has 3 heterocycles. The predicted octanol–water partition coefficient (Wildman–Crippen LogP) is 4.86. The van der Waals surface area contributed by atoms with Crippen LogP contribution in [0.1, 0.15) is 15.9 Å². The Bertz CT molecular complexity index is 1280. The normalized spacial score (nSPS) is 14.5. The quantitative estimate of drug-likeness (QED) is 0.357. The van der Waals surface area contributed by atoms with Gasteiger partial charge in [-0.25, -0.2) is 0 Å². The average molecular weight is 494 g/mol. The summed E-state index contributed by atoms with van der Waals surface area (Å²) in [5, 5.41) is 10.1. The van der Waals surface area contributed by atoms with Crippen molar-refractivity contribution in [3.05, 3.63) is 83.1 Å². The van der Waals surface area contributed by atoms with E-state index >= 15 is 0 Å². The van der Waals surface area contributed by atoms with Gasteiger partial charge in [0.1, 0.15) is 0 Å². The van der Waals surface area contributed by atoms with Crippen molar-refractivity contribution < 1.29 is 9.21 Å². The minimum Gasteiger partial charge on any atom is -0.461 e. The van der Waals surface area contributed by atoms with Crippen LogP contribution < -0.4 is 0 Å². The molecule has 1 amide bonds. The minimum absolute atomic E-state index is 0.0804. The van der Waals surface area contributed by atoms with Gasteiger partial charge < -0.3 is 14.2 Å². The van der Waals surface area contributed by atoms with Gasteiger partial charge in [0.25, 0.3) is 5.91 Å². The number of piperazine rings is 1. The second kappa shape index (κ2) is 10.0. The molecule has 0 N–H and O–H groups in total. The maximum Gasteiger partial charge on any atom is 0.254 e. The number of amides is 1. The van der Waals surface area contributed by atoms with Gasteiger partial charge in [0.15, 0.2) is 10.9 Å².